The second-order valence-electron chi connectivity index (χ2n) is 6.37. The van der Waals surface area contributed by atoms with Crippen molar-refractivity contribution >= 4 is 21.6 Å². The maximum Gasteiger partial charge on any atom is 0.255 e. The average Bonchev–Trinajstić information content (AvgIpc) is 2.71. The summed E-state index contributed by atoms with van der Waals surface area (Å²) in [6.45, 7) is 3.20. The molecule has 0 unspecified atom stereocenters. The van der Waals surface area contributed by atoms with Crippen molar-refractivity contribution in [3.63, 3.8) is 0 Å². The van der Waals surface area contributed by atoms with Crippen LogP contribution in [0.4, 0.5) is 0 Å². The van der Waals surface area contributed by atoms with E-state index < -0.39 is 15.9 Å². The van der Waals surface area contributed by atoms with Gasteiger partial charge in [0, 0.05) is 18.7 Å². The Balaban J connectivity index is 2.07. The van der Waals surface area contributed by atoms with Crippen LogP contribution in [-0.2, 0) is 14.8 Å². The zero-order valence-corrected chi connectivity index (χ0v) is 17.9. The quantitative estimate of drug-likeness (QED) is 0.522. The van der Waals surface area contributed by atoms with E-state index in [9.17, 15) is 13.2 Å². The highest BCUT2D eigenvalue weighted by Gasteiger charge is 2.22. The number of ether oxygens (including phenoxy) is 2. The summed E-state index contributed by atoms with van der Waals surface area (Å²) in [5.74, 6) is 0.610. The molecule has 0 aliphatic heterocycles. The molecule has 0 aromatic heterocycles. The Labute approximate surface area is 171 Å². The number of methoxy groups -OCH3 is 2. The van der Waals surface area contributed by atoms with E-state index >= 15 is 0 Å². The average molecular weight is 420 g/mol. The van der Waals surface area contributed by atoms with E-state index in [0.717, 1.165) is 9.87 Å². The van der Waals surface area contributed by atoms with Gasteiger partial charge in [-0.05, 0) is 38.1 Å². The van der Waals surface area contributed by atoms with Crippen molar-refractivity contribution in [1.82, 2.24) is 9.73 Å². The Bertz CT molecular complexity index is 1000. The van der Waals surface area contributed by atoms with Crippen LogP contribution in [0.25, 0.3) is 0 Å². The van der Waals surface area contributed by atoms with Crippen LogP contribution in [-0.4, -0.2) is 52.2 Å². The summed E-state index contributed by atoms with van der Waals surface area (Å²) in [6, 6.07) is 11.7. The van der Waals surface area contributed by atoms with Crippen LogP contribution in [0.5, 0.6) is 11.5 Å². The molecule has 0 atom stereocenters. The van der Waals surface area contributed by atoms with Gasteiger partial charge in [-0.15, -0.1) is 0 Å². The number of hydrazone groups is 1. The van der Waals surface area contributed by atoms with Crippen LogP contribution in [0.15, 0.2) is 52.5 Å². The molecule has 0 heterocycles. The van der Waals surface area contributed by atoms with Crippen molar-refractivity contribution in [2.75, 3.05) is 27.8 Å². The first kappa shape index (κ1) is 22.4. The number of hydrogen-bond donors (Lipinski definition) is 1. The Morgan fingerprint density at radius 3 is 2.34 bits per heavy atom. The zero-order chi connectivity index (χ0) is 21.6. The maximum absolute atomic E-state index is 12.6. The fourth-order valence-corrected chi connectivity index (χ4v) is 3.64. The lowest BCUT2D eigenvalue weighted by molar-refractivity contribution is -0.121. The van der Waals surface area contributed by atoms with E-state index in [0.29, 0.717) is 22.8 Å². The molecule has 2 rings (SSSR count). The highest BCUT2D eigenvalue weighted by Crippen LogP contribution is 2.25. The molecule has 1 amide bonds. The number of benzene rings is 2. The second kappa shape index (κ2) is 9.53. The van der Waals surface area contributed by atoms with E-state index in [1.165, 1.54) is 26.3 Å². The first-order chi connectivity index (χ1) is 13.7. The highest BCUT2D eigenvalue weighted by atomic mass is 32.2. The molecule has 0 saturated carbocycles. The SMILES string of the molecule is COc1ccc(/C(C)=N\NC(=O)CN(C)S(=O)(=O)c2ccc(C)cc2)c(OC)c1. The summed E-state index contributed by atoms with van der Waals surface area (Å²) >= 11 is 0. The van der Waals surface area contributed by atoms with Gasteiger partial charge in [0.1, 0.15) is 11.5 Å². The number of sulfonamides is 1. The van der Waals surface area contributed by atoms with Gasteiger partial charge >= 0.3 is 0 Å². The Hall–Kier alpha value is -2.91. The number of nitrogens with zero attached hydrogens (tertiary/aromatic N) is 2. The Morgan fingerprint density at radius 2 is 1.76 bits per heavy atom. The third-order valence-corrected chi connectivity index (χ3v) is 6.06. The number of rotatable bonds is 8. The largest absolute Gasteiger partial charge is 0.497 e. The monoisotopic (exact) mass is 419 g/mol. The summed E-state index contributed by atoms with van der Waals surface area (Å²) in [5.41, 5.74) is 4.50. The normalized spacial score (nSPS) is 12.0. The minimum Gasteiger partial charge on any atom is -0.497 e. The smallest absolute Gasteiger partial charge is 0.255 e. The predicted molar refractivity (Wildman–Crippen MR) is 111 cm³/mol. The molecule has 0 bridgehead atoms. The van der Waals surface area contributed by atoms with E-state index in [-0.39, 0.29) is 11.4 Å². The lowest BCUT2D eigenvalue weighted by Crippen LogP contribution is -2.36. The summed E-state index contributed by atoms with van der Waals surface area (Å²) in [6.07, 6.45) is 0. The van der Waals surface area contributed by atoms with Crippen LogP contribution in [0.2, 0.25) is 0 Å². The number of amides is 1. The molecule has 29 heavy (non-hydrogen) atoms. The van der Waals surface area contributed by atoms with Gasteiger partial charge in [-0.1, -0.05) is 17.7 Å². The zero-order valence-electron chi connectivity index (χ0n) is 17.1. The van der Waals surface area contributed by atoms with E-state index in [2.05, 4.69) is 10.5 Å². The first-order valence-corrected chi connectivity index (χ1v) is 10.2. The lowest BCUT2D eigenvalue weighted by Gasteiger charge is -2.16. The van der Waals surface area contributed by atoms with Crippen molar-refractivity contribution in [3.8, 4) is 11.5 Å². The molecule has 1 N–H and O–H groups in total. The van der Waals surface area contributed by atoms with Crippen molar-refractivity contribution in [1.29, 1.82) is 0 Å². The third-order valence-electron chi connectivity index (χ3n) is 4.24. The number of carbonyl (C=O) groups is 1. The maximum atomic E-state index is 12.6. The van der Waals surface area contributed by atoms with Crippen molar-refractivity contribution < 1.29 is 22.7 Å². The van der Waals surface area contributed by atoms with Crippen molar-refractivity contribution in [2.24, 2.45) is 5.10 Å². The summed E-state index contributed by atoms with van der Waals surface area (Å²) in [4.78, 5) is 12.3. The number of hydrogen-bond acceptors (Lipinski definition) is 6. The van der Waals surface area contributed by atoms with Gasteiger partial charge in [0.25, 0.3) is 5.91 Å². The summed E-state index contributed by atoms with van der Waals surface area (Å²) in [7, 11) is 0.651. The van der Waals surface area contributed by atoms with Gasteiger partial charge in [0.2, 0.25) is 10.0 Å². The van der Waals surface area contributed by atoms with Gasteiger partial charge < -0.3 is 9.47 Å². The molecular formula is C20H25N3O5S. The molecule has 0 fully saturated rings. The van der Waals surface area contributed by atoms with Gasteiger partial charge in [0.15, 0.2) is 0 Å². The van der Waals surface area contributed by atoms with Crippen LogP contribution >= 0.6 is 0 Å². The van der Waals surface area contributed by atoms with E-state index in [1.807, 2.05) is 6.92 Å². The van der Waals surface area contributed by atoms with E-state index in [1.54, 1.807) is 44.4 Å². The molecule has 2 aromatic rings. The van der Waals surface area contributed by atoms with Crippen LogP contribution < -0.4 is 14.9 Å². The fraction of sp³-hybridized carbons (Fsp3) is 0.300. The molecule has 0 spiro atoms. The van der Waals surface area contributed by atoms with Gasteiger partial charge in [-0.3, -0.25) is 4.79 Å². The summed E-state index contributed by atoms with van der Waals surface area (Å²) in [5, 5.41) is 4.05. The molecule has 2 aromatic carbocycles. The topological polar surface area (TPSA) is 97.3 Å². The minimum absolute atomic E-state index is 0.126. The van der Waals surface area contributed by atoms with Gasteiger partial charge in [0.05, 0.1) is 31.4 Å². The van der Waals surface area contributed by atoms with Crippen LogP contribution in [0, 0.1) is 6.92 Å². The number of likely N-dealkylation sites (N-methyl/N-ethyl adjacent to an activating group) is 1. The summed E-state index contributed by atoms with van der Waals surface area (Å²) < 4.78 is 36.6. The van der Waals surface area contributed by atoms with Crippen molar-refractivity contribution in [3.05, 3.63) is 53.6 Å². The molecule has 9 heteroatoms. The molecule has 8 nitrogen and oxygen atoms in total. The van der Waals surface area contributed by atoms with Crippen molar-refractivity contribution in [2.45, 2.75) is 18.7 Å². The molecule has 0 aliphatic carbocycles. The Morgan fingerprint density at radius 1 is 1.10 bits per heavy atom. The standard InChI is InChI=1S/C20H25N3O5S/c1-14-6-9-17(10-7-14)29(25,26)23(3)13-20(24)22-21-15(2)18-11-8-16(27-4)12-19(18)28-5/h6-12H,13H2,1-5H3,(H,22,24)/b21-15-. The lowest BCUT2D eigenvalue weighted by atomic mass is 10.1. The molecule has 156 valence electrons. The fourth-order valence-electron chi connectivity index (χ4n) is 2.52. The first-order valence-electron chi connectivity index (χ1n) is 8.77. The second-order valence-corrected chi connectivity index (χ2v) is 8.42. The number of aryl methyl sites for hydroxylation is 1. The number of carbonyl (C=O) groups excluding carboxylic acids is 1. The minimum atomic E-state index is -3.77. The predicted octanol–water partition coefficient (Wildman–Crippen LogP) is 2.17. The molecular weight excluding hydrogens is 394 g/mol. The van der Waals surface area contributed by atoms with Gasteiger partial charge in [-0.2, -0.15) is 9.41 Å². The third kappa shape index (κ3) is 5.55. The number of nitrogens with one attached hydrogen (secondary N) is 1. The molecule has 0 radical (unpaired) electrons. The molecule has 0 saturated heterocycles. The van der Waals surface area contributed by atoms with Gasteiger partial charge in [-0.25, -0.2) is 13.8 Å². The van der Waals surface area contributed by atoms with Crippen LogP contribution in [0.3, 0.4) is 0 Å². The highest BCUT2D eigenvalue weighted by molar-refractivity contribution is 7.89. The Kier molecular flexibility index (Phi) is 7.35. The van der Waals surface area contributed by atoms with Crippen LogP contribution in [0.1, 0.15) is 18.1 Å². The van der Waals surface area contributed by atoms with E-state index in [4.69, 9.17) is 9.47 Å². The molecule has 0 aliphatic rings.